The van der Waals surface area contributed by atoms with Crippen LogP contribution in [0.3, 0.4) is 0 Å². The Morgan fingerprint density at radius 3 is 2.20 bits per heavy atom. The molecule has 244 valence electrons. The fraction of sp³-hybridized carbons (Fsp3) is 0.208. The molecule has 0 saturated carbocycles. The average molecular weight is 647 g/mol. The fourth-order valence-corrected chi connectivity index (χ4v) is 9.79. The van der Waals surface area contributed by atoms with E-state index in [1.54, 1.807) is 0 Å². The maximum atomic E-state index is 2.57. The van der Waals surface area contributed by atoms with E-state index in [-0.39, 0.29) is 10.8 Å². The highest BCUT2D eigenvalue weighted by Crippen LogP contribution is 2.56. The first kappa shape index (κ1) is 29.6. The van der Waals surface area contributed by atoms with Crippen molar-refractivity contribution in [3.63, 3.8) is 0 Å². The van der Waals surface area contributed by atoms with E-state index >= 15 is 0 Å². The molecule has 2 nitrogen and oxygen atoms in total. The number of rotatable bonds is 4. The minimum atomic E-state index is -0.0720. The maximum Gasteiger partial charge on any atom is 0.0539 e. The summed E-state index contributed by atoms with van der Waals surface area (Å²) in [6, 6.07) is 43.3. The molecule has 0 spiro atoms. The van der Waals surface area contributed by atoms with Gasteiger partial charge < -0.3 is 9.47 Å². The molecule has 0 fully saturated rings. The van der Waals surface area contributed by atoms with Gasteiger partial charge in [0.1, 0.15) is 0 Å². The fourth-order valence-electron chi connectivity index (χ4n) is 9.79. The van der Waals surface area contributed by atoms with Crippen molar-refractivity contribution in [3.05, 3.63) is 173 Å². The summed E-state index contributed by atoms with van der Waals surface area (Å²) < 4.78 is 2.49. The van der Waals surface area contributed by atoms with Gasteiger partial charge in [-0.3, -0.25) is 0 Å². The number of aromatic nitrogens is 1. The first-order chi connectivity index (χ1) is 24.3. The summed E-state index contributed by atoms with van der Waals surface area (Å²) >= 11 is 0. The molecule has 1 atom stereocenters. The molecule has 10 rings (SSSR count). The van der Waals surface area contributed by atoms with Gasteiger partial charge in [0.2, 0.25) is 0 Å². The Balaban J connectivity index is 1.18. The second-order valence-corrected chi connectivity index (χ2v) is 15.7. The van der Waals surface area contributed by atoms with Gasteiger partial charge in [0.25, 0.3) is 0 Å². The number of nitrogens with zero attached hydrogens (tertiary/aromatic N) is 2. The van der Waals surface area contributed by atoms with Gasteiger partial charge in [-0.05, 0) is 118 Å². The first-order valence-corrected chi connectivity index (χ1v) is 18.3. The standard InChI is InChI=1S/C48H42N2/c1-47(2)41-19-11-8-16-35(41)37-25-22-33(29-43(37)47)49(34-23-26-38-36-17-9-12-20-42(36)48(3,4)44(38)30-34)32-24-27-46-40(28-32)39-18-10-13-21-45(39)50(46)31-14-6-5-7-15-31/h5-12,14-20,22-29,44H,13,21,30H2,1-4H3. The highest BCUT2D eigenvalue weighted by atomic mass is 15.2. The molecule has 1 unspecified atom stereocenters. The molecule has 50 heavy (non-hydrogen) atoms. The lowest BCUT2D eigenvalue weighted by atomic mass is 9.73. The lowest BCUT2D eigenvalue weighted by Gasteiger charge is -2.36. The lowest BCUT2D eigenvalue weighted by molar-refractivity contribution is 0.406. The van der Waals surface area contributed by atoms with Crippen LogP contribution in [0.4, 0.5) is 11.4 Å². The van der Waals surface area contributed by atoms with Crippen LogP contribution in [0.15, 0.2) is 139 Å². The van der Waals surface area contributed by atoms with Gasteiger partial charge in [-0.25, -0.2) is 0 Å². The Morgan fingerprint density at radius 1 is 0.660 bits per heavy atom. The average Bonchev–Trinajstić information content (AvgIpc) is 3.69. The minimum Gasteiger partial charge on any atom is -0.314 e. The summed E-state index contributed by atoms with van der Waals surface area (Å²) in [5, 5.41) is 1.32. The normalized spacial score (nSPS) is 18.8. The Labute approximate surface area is 295 Å². The van der Waals surface area contributed by atoms with E-state index in [2.05, 4.69) is 177 Å². The summed E-state index contributed by atoms with van der Waals surface area (Å²) in [6.45, 7) is 9.65. The third-order valence-corrected chi connectivity index (χ3v) is 12.4. The molecular weight excluding hydrogens is 605 g/mol. The Morgan fingerprint density at radius 2 is 1.36 bits per heavy atom. The number of anilines is 2. The molecule has 0 bridgehead atoms. The number of benzene rings is 5. The van der Waals surface area contributed by atoms with E-state index in [9.17, 15) is 0 Å². The number of para-hydroxylation sites is 1. The molecule has 5 aromatic carbocycles. The zero-order chi connectivity index (χ0) is 33.8. The van der Waals surface area contributed by atoms with Crippen LogP contribution in [0.5, 0.6) is 0 Å². The van der Waals surface area contributed by atoms with Crippen molar-refractivity contribution < 1.29 is 0 Å². The minimum absolute atomic E-state index is 0.0515. The number of allylic oxidation sites excluding steroid dienone is 5. The zero-order valence-corrected chi connectivity index (χ0v) is 29.4. The third-order valence-electron chi connectivity index (χ3n) is 12.4. The van der Waals surface area contributed by atoms with Gasteiger partial charge in [-0.15, -0.1) is 0 Å². The molecule has 0 saturated heterocycles. The van der Waals surface area contributed by atoms with Crippen LogP contribution in [0.1, 0.15) is 74.0 Å². The summed E-state index contributed by atoms with van der Waals surface area (Å²) in [5.74, 6) is 0.413. The molecule has 1 aromatic heterocycles. The van der Waals surface area contributed by atoms with Gasteiger partial charge in [-0.2, -0.15) is 0 Å². The molecular formula is C48H42N2. The highest BCUT2D eigenvalue weighted by Gasteiger charge is 2.44. The predicted molar refractivity (Wildman–Crippen MR) is 210 cm³/mol. The second kappa shape index (κ2) is 10.6. The van der Waals surface area contributed by atoms with Crippen molar-refractivity contribution in [2.75, 3.05) is 4.90 Å². The van der Waals surface area contributed by atoms with E-state index < -0.39 is 0 Å². The molecule has 0 aliphatic heterocycles. The molecule has 0 radical (unpaired) electrons. The molecule has 4 aliphatic carbocycles. The largest absolute Gasteiger partial charge is 0.314 e. The quantitative estimate of drug-likeness (QED) is 0.185. The van der Waals surface area contributed by atoms with E-state index in [0.717, 1.165) is 19.3 Å². The number of fused-ring (bicyclic) bond motifs is 9. The van der Waals surface area contributed by atoms with Crippen molar-refractivity contribution in [1.82, 2.24) is 4.57 Å². The zero-order valence-electron chi connectivity index (χ0n) is 29.4. The smallest absolute Gasteiger partial charge is 0.0539 e. The molecule has 1 heterocycles. The van der Waals surface area contributed by atoms with Crippen LogP contribution in [0, 0.1) is 5.92 Å². The van der Waals surface area contributed by atoms with Gasteiger partial charge in [0.05, 0.1) is 5.52 Å². The van der Waals surface area contributed by atoms with E-state index in [1.807, 2.05) is 0 Å². The van der Waals surface area contributed by atoms with Crippen molar-refractivity contribution >= 4 is 33.9 Å². The van der Waals surface area contributed by atoms with Gasteiger partial charge in [-0.1, -0.05) is 119 Å². The molecule has 6 aromatic rings. The van der Waals surface area contributed by atoms with Crippen molar-refractivity contribution in [3.8, 4) is 16.8 Å². The number of hydrogen-bond acceptors (Lipinski definition) is 1. The van der Waals surface area contributed by atoms with E-state index in [4.69, 9.17) is 0 Å². The van der Waals surface area contributed by atoms with E-state index in [0.29, 0.717) is 5.92 Å². The SMILES string of the molecule is CC1(C)c2ccccc2-c2ccc(N(C3=CC=C4c5ccccc5C(C)(C)C4C3)c3ccc4c(c3)c3c(n4-c4ccccc4)CCC=C3)cc21. The summed E-state index contributed by atoms with van der Waals surface area (Å²) in [6.07, 6.45) is 12.6. The molecule has 0 amide bonds. The van der Waals surface area contributed by atoms with Crippen LogP contribution in [-0.4, -0.2) is 4.57 Å². The van der Waals surface area contributed by atoms with Crippen molar-refractivity contribution in [2.45, 2.75) is 57.8 Å². The predicted octanol–water partition coefficient (Wildman–Crippen LogP) is 12.3. The number of hydrogen-bond donors (Lipinski definition) is 0. The van der Waals surface area contributed by atoms with Crippen molar-refractivity contribution in [2.24, 2.45) is 5.92 Å². The first-order valence-electron chi connectivity index (χ1n) is 18.3. The Kier molecular flexibility index (Phi) is 6.26. The van der Waals surface area contributed by atoms with Crippen LogP contribution < -0.4 is 4.90 Å². The van der Waals surface area contributed by atoms with E-state index in [1.165, 1.54) is 83.9 Å². The van der Waals surface area contributed by atoms with Gasteiger partial charge >= 0.3 is 0 Å². The van der Waals surface area contributed by atoms with Crippen molar-refractivity contribution in [1.29, 1.82) is 0 Å². The van der Waals surface area contributed by atoms with Crippen LogP contribution in [0.2, 0.25) is 0 Å². The van der Waals surface area contributed by atoms with Crippen LogP contribution >= 0.6 is 0 Å². The topological polar surface area (TPSA) is 8.17 Å². The Hall–Kier alpha value is -5.34. The lowest BCUT2D eigenvalue weighted by Crippen LogP contribution is -2.29. The van der Waals surface area contributed by atoms with Gasteiger partial charge in [0, 0.05) is 44.8 Å². The molecule has 4 aliphatic rings. The molecule has 2 heteroatoms. The molecule has 0 N–H and O–H groups in total. The monoisotopic (exact) mass is 646 g/mol. The van der Waals surface area contributed by atoms with Crippen LogP contribution in [0.25, 0.3) is 39.4 Å². The Bertz CT molecular complexity index is 2460. The van der Waals surface area contributed by atoms with Crippen LogP contribution in [-0.2, 0) is 17.3 Å². The maximum absolute atomic E-state index is 2.57. The second-order valence-electron chi connectivity index (χ2n) is 15.7. The highest BCUT2D eigenvalue weighted by molar-refractivity contribution is 5.97. The van der Waals surface area contributed by atoms with Gasteiger partial charge in [0.15, 0.2) is 0 Å². The summed E-state index contributed by atoms with van der Waals surface area (Å²) in [4.78, 5) is 2.57. The third kappa shape index (κ3) is 4.08. The summed E-state index contributed by atoms with van der Waals surface area (Å²) in [5.41, 5.74) is 18.9. The summed E-state index contributed by atoms with van der Waals surface area (Å²) in [7, 11) is 0.